The lowest BCUT2D eigenvalue weighted by atomic mass is 9.81. The van der Waals surface area contributed by atoms with Gasteiger partial charge in [0.05, 0.1) is 13.7 Å². The van der Waals surface area contributed by atoms with Crippen LogP contribution in [0, 0.1) is 0 Å². The molecule has 16 heavy (non-hydrogen) atoms. The zero-order valence-corrected chi connectivity index (χ0v) is 10.5. The number of hydrogen-bond acceptors (Lipinski definition) is 3. The highest BCUT2D eigenvalue weighted by Gasteiger charge is 2.19. The monoisotopic (exact) mass is 223 g/mol. The van der Waals surface area contributed by atoms with Crippen LogP contribution in [-0.4, -0.2) is 7.11 Å². The third-order valence-corrected chi connectivity index (χ3v) is 3.18. The second-order valence-electron chi connectivity index (χ2n) is 4.58. The molecule has 0 aliphatic heterocycles. The van der Waals surface area contributed by atoms with Gasteiger partial charge in [-0.05, 0) is 29.5 Å². The first-order chi connectivity index (χ1) is 7.55. The zero-order chi connectivity index (χ0) is 12.2. The molecule has 0 saturated carbocycles. The summed E-state index contributed by atoms with van der Waals surface area (Å²) in [4.78, 5) is 4.69. The molecule has 1 aromatic carbocycles. The molecule has 3 heteroatoms. The van der Waals surface area contributed by atoms with Crippen LogP contribution in [0.1, 0.15) is 38.3 Å². The summed E-state index contributed by atoms with van der Waals surface area (Å²) in [5.41, 5.74) is 2.43. The topological polar surface area (TPSA) is 44.5 Å². The van der Waals surface area contributed by atoms with Crippen molar-refractivity contribution in [1.29, 1.82) is 0 Å². The highest BCUT2D eigenvalue weighted by Crippen LogP contribution is 2.30. The zero-order valence-electron chi connectivity index (χ0n) is 10.5. The summed E-state index contributed by atoms with van der Waals surface area (Å²) < 4.78 is 5.26. The average molecular weight is 223 g/mol. The summed E-state index contributed by atoms with van der Waals surface area (Å²) in [6, 6.07) is 6.18. The summed E-state index contributed by atoms with van der Waals surface area (Å²) in [6.07, 6.45) is 1.09. The third kappa shape index (κ3) is 2.74. The Kier molecular flexibility index (Phi) is 4.33. The van der Waals surface area contributed by atoms with Crippen molar-refractivity contribution in [2.75, 3.05) is 7.11 Å². The quantitative estimate of drug-likeness (QED) is 0.781. The van der Waals surface area contributed by atoms with Crippen molar-refractivity contribution < 1.29 is 9.57 Å². The van der Waals surface area contributed by atoms with Gasteiger partial charge in [0.1, 0.15) is 5.75 Å². The van der Waals surface area contributed by atoms with Gasteiger partial charge >= 0.3 is 0 Å². The van der Waals surface area contributed by atoms with Gasteiger partial charge in [0.15, 0.2) is 0 Å². The van der Waals surface area contributed by atoms with Crippen molar-refractivity contribution in [3.8, 4) is 5.75 Å². The minimum atomic E-state index is 0.162. The number of benzene rings is 1. The number of ether oxygens (including phenoxy) is 1. The standard InChI is InChI=1S/C13H21NO2/c1-5-13(2,3)11-6-7-12(15-4)10(8-11)9-16-14/h6-8H,5,9,14H2,1-4H3. The normalized spacial score (nSPS) is 11.6. The molecule has 2 N–H and O–H groups in total. The van der Waals surface area contributed by atoms with E-state index in [4.69, 9.17) is 15.5 Å². The van der Waals surface area contributed by atoms with Gasteiger partial charge < -0.3 is 4.74 Å². The molecule has 0 fully saturated rings. The van der Waals surface area contributed by atoms with Crippen molar-refractivity contribution in [1.82, 2.24) is 0 Å². The van der Waals surface area contributed by atoms with E-state index in [0.717, 1.165) is 17.7 Å². The van der Waals surface area contributed by atoms with Crippen LogP contribution < -0.4 is 10.6 Å². The van der Waals surface area contributed by atoms with Crippen LogP contribution in [0.15, 0.2) is 18.2 Å². The molecule has 0 aliphatic rings. The molecule has 0 heterocycles. The fraction of sp³-hybridized carbons (Fsp3) is 0.538. The molecule has 90 valence electrons. The number of rotatable bonds is 5. The Morgan fingerprint density at radius 2 is 2.00 bits per heavy atom. The SMILES string of the molecule is CCC(C)(C)c1ccc(OC)c(CON)c1. The Hall–Kier alpha value is -1.06. The van der Waals surface area contributed by atoms with E-state index in [2.05, 4.69) is 32.9 Å². The van der Waals surface area contributed by atoms with E-state index in [-0.39, 0.29) is 5.41 Å². The molecule has 3 nitrogen and oxygen atoms in total. The molecule has 0 radical (unpaired) electrons. The lowest BCUT2D eigenvalue weighted by Gasteiger charge is -2.24. The number of methoxy groups -OCH3 is 1. The van der Waals surface area contributed by atoms with E-state index in [1.165, 1.54) is 5.56 Å². The Morgan fingerprint density at radius 3 is 2.50 bits per heavy atom. The van der Waals surface area contributed by atoms with Crippen LogP contribution >= 0.6 is 0 Å². The second-order valence-corrected chi connectivity index (χ2v) is 4.58. The van der Waals surface area contributed by atoms with Crippen molar-refractivity contribution in [2.45, 2.75) is 39.2 Å². The maximum Gasteiger partial charge on any atom is 0.124 e. The molecule has 0 aromatic heterocycles. The lowest BCUT2D eigenvalue weighted by molar-refractivity contribution is 0.122. The van der Waals surface area contributed by atoms with Gasteiger partial charge in [-0.2, -0.15) is 0 Å². The first kappa shape index (κ1) is 13.0. The summed E-state index contributed by atoms with van der Waals surface area (Å²) in [7, 11) is 1.65. The van der Waals surface area contributed by atoms with Crippen LogP contribution in [-0.2, 0) is 16.9 Å². The van der Waals surface area contributed by atoms with Gasteiger partial charge in [-0.1, -0.05) is 26.8 Å². The molecular weight excluding hydrogens is 202 g/mol. The first-order valence-corrected chi connectivity index (χ1v) is 5.54. The van der Waals surface area contributed by atoms with Crippen molar-refractivity contribution in [3.63, 3.8) is 0 Å². The van der Waals surface area contributed by atoms with E-state index in [1.54, 1.807) is 7.11 Å². The van der Waals surface area contributed by atoms with E-state index >= 15 is 0 Å². The number of nitrogens with two attached hydrogens (primary N) is 1. The van der Waals surface area contributed by atoms with Gasteiger partial charge in [-0.25, -0.2) is 5.90 Å². The lowest BCUT2D eigenvalue weighted by Crippen LogP contribution is -2.16. The maximum atomic E-state index is 5.26. The van der Waals surface area contributed by atoms with Crippen LogP contribution in [0.5, 0.6) is 5.75 Å². The highest BCUT2D eigenvalue weighted by atomic mass is 16.6. The van der Waals surface area contributed by atoms with E-state index in [0.29, 0.717) is 6.61 Å². The van der Waals surface area contributed by atoms with Gasteiger partial charge in [-0.15, -0.1) is 0 Å². The van der Waals surface area contributed by atoms with E-state index in [9.17, 15) is 0 Å². The molecule has 1 aromatic rings. The van der Waals surface area contributed by atoms with Gasteiger partial charge in [0.25, 0.3) is 0 Å². The van der Waals surface area contributed by atoms with Gasteiger partial charge in [0.2, 0.25) is 0 Å². The minimum absolute atomic E-state index is 0.162. The molecule has 0 aliphatic carbocycles. The minimum Gasteiger partial charge on any atom is -0.496 e. The second kappa shape index (κ2) is 5.32. The predicted molar refractivity (Wildman–Crippen MR) is 65.3 cm³/mol. The van der Waals surface area contributed by atoms with Crippen molar-refractivity contribution in [2.24, 2.45) is 5.90 Å². The fourth-order valence-electron chi connectivity index (χ4n) is 1.61. The summed E-state index contributed by atoms with van der Waals surface area (Å²) in [5.74, 6) is 5.94. The van der Waals surface area contributed by atoms with E-state index < -0.39 is 0 Å². The van der Waals surface area contributed by atoms with Crippen molar-refractivity contribution >= 4 is 0 Å². The summed E-state index contributed by atoms with van der Waals surface area (Å²) >= 11 is 0. The molecule has 0 amide bonds. The van der Waals surface area contributed by atoms with Crippen LogP contribution in [0.25, 0.3) is 0 Å². The van der Waals surface area contributed by atoms with Crippen LogP contribution in [0.4, 0.5) is 0 Å². The Balaban J connectivity index is 3.11. The average Bonchev–Trinajstić information content (AvgIpc) is 2.29. The summed E-state index contributed by atoms with van der Waals surface area (Å²) in [5, 5.41) is 0. The fourth-order valence-corrected chi connectivity index (χ4v) is 1.61. The smallest absolute Gasteiger partial charge is 0.124 e. The van der Waals surface area contributed by atoms with Gasteiger partial charge in [-0.3, -0.25) is 4.84 Å². The molecule has 0 saturated heterocycles. The molecule has 0 bridgehead atoms. The predicted octanol–water partition coefficient (Wildman–Crippen LogP) is 2.77. The highest BCUT2D eigenvalue weighted by molar-refractivity contribution is 5.39. The number of hydrogen-bond donors (Lipinski definition) is 1. The van der Waals surface area contributed by atoms with E-state index in [1.807, 2.05) is 6.07 Å². The van der Waals surface area contributed by atoms with Gasteiger partial charge in [0, 0.05) is 5.56 Å². The Morgan fingerprint density at radius 1 is 1.31 bits per heavy atom. The van der Waals surface area contributed by atoms with Crippen LogP contribution in [0.3, 0.4) is 0 Å². The molecular formula is C13H21NO2. The maximum absolute atomic E-state index is 5.26. The molecule has 0 unspecified atom stereocenters. The third-order valence-electron chi connectivity index (χ3n) is 3.18. The Labute approximate surface area is 97.5 Å². The Bertz CT molecular complexity index is 348. The van der Waals surface area contributed by atoms with Crippen molar-refractivity contribution in [3.05, 3.63) is 29.3 Å². The molecule has 0 spiro atoms. The first-order valence-electron chi connectivity index (χ1n) is 5.54. The van der Waals surface area contributed by atoms with Crippen LogP contribution in [0.2, 0.25) is 0 Å². The molecule has 0 atom stereocenters. The summed E-state index contributed by atoms with van der Waals surface area (Å²) in [6.45, 7) is 7.00. The largest absolute Gasteiger partial charge is 0.496 e. The molecule has 1 rings (SSSR count).